The molecule has 1 aromatic heterocycles. The van der Waals surface area contributed by atoms with E-state index in [0.29, 0.717) is 6.04 Å². The van der Waals surface area contributed by atoms with Crippen molar-refractivity contribution in [1.82, 2.24) is 4.57 Å². The molecule has 0 spiro atoms. The lowest BCUT2D eigenvalue weighted by molar-refractivity contribution is 0.0951. The molecule has 23 heavy (non-hydrogen) atoms. The van der Waals surface area contributed by atoms with Gasteiger partial charge in [-0.3, -0.25) is 14.4 Å². The zero-order chi connectivity index (χ0) is 16.1. The van der Waals surface area contributed by atoms with Crippen molar-refractivity contribution in [3.63, 3.8) is 0 Å². The number of thioether (sulfide) groups is 1. The van der Waals surface area contributed by atoms with Crippen molar-refractivity contribution >= 4 is 17.7 Å². The highest BCUT2D eigenvalue weighted by molar-refractivity contribution is 7.98. The van der Waals surface area contributed by atoms with Gasteiger partial charge in [0.1, 0.15) is 5.49 Å². The van der Waals surface area contributed by atoms with Crippen molar-refractivity contribution in [3.8, 4) is 0 Å². The van der Waals surface area contributed by atoms with Gasteiger partial charge in [-0.15, -0.1) is 11.8 Å². The largest absolute Gasteiger partial charge is 0.268 e. The first-order chi connectivity index (χ1) is 11.3. The lowest BCUT2D eigenvalue weighted by Gasteiger charge is -2.18. The van der Waals surface area contributed by atoms with Gasteiger partial charge >= 0.3 is 0 Å². The molecule has 0 unspecified atom stereocenters. The maximum atomic E-state index is 13.0. The molecule has 1 aromatic carbocycles. The summed E-state index contributed by atoms with van der Waals surface area (Å²) in [5.74, 6) is -0.00916. The Labute approximate surface area is 141 Å². The monoisotopic (exact) mass is 326 g/mol. The molecule has 3 rings (SSSR count). The molecular weight excluding hydrogens is 304 g/mol. The van der Waals surface area contributed by atoms with Crippen LogP contribution in [0.5, 0.6) is 0 Å². The predicted octanol–water partition coefficient (Wildman–Crippen LogP) is 4.13. The van der Waals surface area contributed by atoms with Crippen LogP contribution in [0.4, 0.5) is 0 Å². The van der Waals surface area contributed by atoms with Crippen LogP contribution in [-0.2, 0) is 0 Å². The van der Waals surface area contributed by atoms with Crippen molar-refractivity contribution in [2.75, 3.05) is 6.26 Å². The lowest BCUT2D eigenvalue weighted by Crippen LogP contribution is -2.29. The average Bonchev–Trinajstić information content (AvgIpc) is 2.62. The van der Waals surface area contributed by atoms with Gasteiger partial charge in [-0.2, -0.15) is 0 Å². The second-order valence-corrected chi connectivity index (χ2v) is 6.70. The minimum absolute atomic E-state index is 0.00916. The Kier molecular flexibility index (Phi) is 5.34. The van der Waals surface area contributed by atoms with E-state index in [-0.39, 0.29) is 5.91 Å². The SMILES string of the molecule is CSc1ccccc1C(=O)n1ccccc1=NC1CCCCC1. The molecule has 0 radical (unpaired) electrons. The smallest absolute Gasteiger partial charge is 0.264 e. The van der Waals surface area contributed by atoms with E-state index in [4.69, 9.17) is 4.99 Å². The Hall–Kier alpha value is -1.81. The van der Waals surface area contributed by atoms with Crippen LogP contribution in [0.2, 0.25) is 0 Å². The number of nitrogens with zero attached hydrogens (tertiary/aromatic N) is 2. The first-order valence-corrected chi connectivity index (χ1v) is 9.41. The summed E-state index contributed by atoms with van der Waals surface area (Å²) in [4.78, 5) is 18.8. The van der Waals surface area contributed by atoms with Crippen LogP contribution in [0, 0.1) is 0 Å². The predicted molar refractivity (Wildman–Crippen MR) is 94.8 cm³/mol. The number of hydrogen-bond acceptors (Lipinski definition) is 3. The summed E-state index contributed by atoms with van der Waals surface area (Å²) in [6, 6.07) is 13.9. The van der Waals surface area contributed by atoms with E-state index < -0.39 is 0 Å². The fourth-order valence-corrected chi connectivity index (χ4v) is 3.65. The number of hydrogen-bond donors (Lipinski definition) is 0. The molecule has 120 valence electrons. The number of pyridine rings is 1. The fraction of sp³-hybridized carbons (Fsp3) is 0.368. The first kappa shape index (κ1) is 16.1. The van der Waals surface area contributed by atoms with Crippen molar-refractivity contribution < 1.29 is 4.79 Å². The molecule has 0 N–H and O–H groups in total. The molecule has 1 aliphatic carbocycles. The maximum absolute atomic E-state index is 13.0. The second kappa shape index (κ2) is 7.64. The molecule has 0 amide bonds. The summed E-state index contributed by atoms with van der Waals surface area (Å²) in [6.45, 7) is 0. The van der Waals surface area contributed by atoms with E-state index >= 15 is 0 Å². The summed E-state index contributed by atoms with van der Waals surface area (Å²) in [5.41, 5.74) is 1.50. The van der Waals surface area contributed by atoms with Gasteiger partial charge in [-0.05, 0) is 43.4 Å². The Balaban J connectivity index is 1.99. The Morgan fingerprint density at radius 1 is 1.09 bits per heavy atom. The highest BCUT2D eigenvalue weighted by atomic mass is 32.2. The molecule has 0 bridgehead atoms. The van der Waals surface area contributed by atoms with Gasteiger partial charge in [-0.1, -0.05) is 37.5 Å². The molecule has 0 aliphatic heterocycles. The van der Waals surface area contributed by atoms with Crippen LogP contribution in [0.25, 0.3) is 0 Å². The Morgan fingerprint density at radius 2 is 1.83 bits per heavy atom. The standard InChI is InChI=1S/C19H22N2OS/c1-23-17-12-6-5-11-16(17)19(22)21-14-8-7-13-18(21)20-15-9-3-2-4-10-15/h5-8,11-15H,2-4,9-10H2,1H3. The minimum atomic E-state index is -0.00916. The number of carbonyl (C=O) groups is 1. The van der Waals surface area contributed by atoms with Gasteiger partial charge in [-0.25, -0.2) is 0 Å². The Morgan fingerprint density at radius 3 is 2.61 bits per heavy atom. The normalized spacial score (nSPS) is 16.5. The van der Waals surface area contributed by atoms with Gasteiger partial charge in [0.25, 0.3) is 5.91 Å². The number of benzene rings is 1. The van der Waals surface area contributed by atoms with E-state index in [2.05, 4.69) is 0 Å². The summed E-state index contributed by atoms with van der Waals surface area (Å²) < 4.78 is 1.68. The Bertz CT molecular complexity index is 745. The maximum Gasteiger partial charge on any atom is 0.264 e. The van der Waals surface area contributed by atoms with Crippen LogP contribution < -0.4 is 5.49 Å². The highest BCUT2D eigenvalue weighted by Crippen LogP contribution is 2.21. The van der Waals surface area contributed by atoms with Crippen molar-refractivity contribution in [3.05, 3.63) is 59.7 Å². The molecule has 4 heteroatoms. The van der Waals surface area contributed by atoms with Gasteiger partial charge in [0.05, 0.1) is 11.6 Å². The van der Waals surface area contributed by atoms with Crippen molar-refractivity contribution in [1.29, 1.82) is 0 Å². The third kappa shape index (κ3) is 3.75. The number of rotatable bonds is 3. The number of carbonyl (C=O) groups excluding carboxylic acids is 1. The molecule has 2 aromatic rings. The molecule has 1 saturated carbocycles. The minimum Gasteiger partial charge on any atom is -0.268 e. The van der Waals surface area contributed by atoms with Crippen molar-refractivity contribution in [2.24, 2.45) is 4.99 Å². The van der Waals surface area contributed by atoms with Gasteiger partial charge in [0, 0.05) is 11.1 Å². The van der Waals surface area contributed by atoms with E-state index in [0.717, 1.165) is 28.8 Å². The number of aromatic nitrogens is 1. The van der Waals surface area contributed by atoms with Gasteiger partial charge in [0.15, 0.2) is 0 Å². The van der Waals surface area contributed by atoms with Crippen LogP contribution in [-0.4, -0.2) is 22.8 Å². The zero-order valence-electron chi connectivity index (χ0n) is 13.4. The lowest BCUT2D eigenvalue weighted by atomic mass is 9.96. The average molecular weight is 326 g/mol. The van der Waals surface area contributed by atoms with E-state index in [9.17, 15) is 4.79 Å². The highest BCUT2D eigenvalue weighted by Gasteiger charge is 2.15. The van der Waals surface area contributed by atoms with E-state index in [1.54, 1.807) is 16.3 Å². The molecule has 1 fully saturated rings. The van der Waals surface area contributed by atoms with Crippen LogP contribution >= 0.6 is 11.8 Å². The summed E-state index contributed by atoms with van der Waals surface area (Å²) in [7, 11) is 0. The topological polar surface area (TPSA) is 34.4 Å². The quantitative estimate of drug-likeness (QED) is 0.795. The molecule has 0 atom stereocenters. The van der Waals surface area contributed by atoms with Crippen LogP contribution in [0.1, 0.15) is 42.5 Å². The molecule has 1 heterocycles. The summed E-state index contributed by atoms with van der Waals surface area (Å²) in [5, 5.41) is 0. The zero-order valence-corrected chi connectivity index (χ0v) is 14.3. The molecular formula is C19H22N2OS. The first-order valence-electron chi connectivity index (χ1n) is 8.19. The summed E-state index contributed by atoms with van der Waals surface area (Å²) >= 11 is 1.60. The van der Waals surface area contributed by atoms with Crippen LogP contribution in [0.3, 0.4) is 0 Å². The molecule has 1 aliphatic rings. The summed E-state index contributed by atoms with van der Waals surface area (Å²) in [6.07, 6.45) is 9.86. The van der Waals surface area contributed by atoms with E-state index in [1.165, 1.54) is 19.3 Å². The van der Waals surface area contributed by atoms with Gasteiger partial charge in [0.2, 0.25) is 0 Å². The van der Waals surface area contributed by atoms with Crippen molar-refractivity contribution in [2.45, 2.75) is 43.0 Å². The van der Waals surface area contributed by atoms with E-state index in [1.807, 2.05) is 54.9 Å². The molecule has 0 saturated heterocycles. The van der Waals surface area contributed by atoms with Crippen LogP contribution in [0.15, 0.2) is 58.5 Å². The second-order valence-electron chi connectivity index (χ2n) is 5.86. The van der Waals surface area contributed by atoms with Gasteiger partial charge < -0.3 is 0 Å². The fourth-order valence-electron chi connectivity index (χ4n) is 3.06. The molecule has 3 nitrogen and oxygen atoms in total. The third-order valence-corrected chi connectivity index (χ3v) is 5.08. The third-order valence-electron chi connectivity index (χ3n) is 4.28.